The van der Waals surface area contributed by atoms with E-state index < -0.39 is 0 Å². The van der Waals surface area contributed by atoms with Gasteiger partial charge in [-0.2, -0.15) is 0 Å². The number of carbonyl (C=O) groups excluding carboxylic acids is 1. The van der Waals surface area contributed by atoms with Crippen molar-refractivity contribution in [3.05, 3.63) is 48.0 Å². The molecule has 2 atom stereocenters. The van der Waals surface area contributed by atoms with Crippen molar-refractivity contribution in [3.63, 3.8) is 0 Å². The number of rotatable bonds is 3. The van der Waals surface area contributed by atoms with Crippen LogP contribution in [0.3, 0.4) is 0 Å². The van der Waals surface area contributed by atoms with Crippen molar-refractivity contribution >= 4 is 11.9 Å². The van der Waals surface area contributed by atoms with Crippen molar-refractivity contribution in [2.45, 2.75) is 25.4 Å². The lowest BCUT2D eigenvalue weighted by molar-refractivity contribution is -0.127. The molecule has 6 nitrogen and oxygen atoms in total. The zero-order chi connectivity index (χ0) is 14.8. The van der Waals surface area contributed by atoms with Crippen LogP contribution in [0.5, 0.6) is 0 Å². The number of nitrogens with one attached hydrogen (secondary N) is 1. The van der Waals surface area contributed by atoms with E-state index in [1.165, 1.54) is 0 Å². The predicted molar refractivity (Wildman–Crippen MR) is 78.5 cm³/mol. The molecule has 2 aromatic heterocycles. The molecular weight excluding hydrogens is 266 g/mol. The number of nitrogens with zero attached hydrogens (tertiary/aromatic N) is 4. The van der Waals surface area contributed by atoms with E-state index in [0.29, 0.717) is 12.4 Å². The monoisotopic (exact) mass is 283 g/mol. The maximum atomic E-state index is 12.1. The molecule has 0 unspecified atom stereocenters. The van der Waals surface area contributed by atoms with Crippen molar-refractivity contribution in [2.75, 3.05) is 12.4 Å². The predicted octanol–water partition coefficient (Wildman–Crippen LogP) is 1.56. The maximum absolute atomic E-state index is 12.1. The van der Waals surface area contributed by atoms with Crippen LogP contribution in [0.1, 0.15) is 23.7 Å². The van der Waals surface area contributed by atoms with Gasteiger partial charge < -0.3 is 10.2 Å². The summed E-state index contributed by atoms with van der Waals surface area (Å²) in [5, 5.41) is 3.28. The highest BCUT2D eigenvalue weighted by Gasteiger charge is 2.39. The number of amides is 1. The Kier molecular flexibility index (Phi) is 3.51. The molecule has 3 heterocycles. The van der Waals surface area contributed by atoms with E-state index in [9.17, 15) is 4.79 Å². The summed E-state index contributed by atoms with van der Waals surface area (Å²) in [5.74, 6) is 0.658. The number of hydrogen-bond acceptors (Lipinski definition) is 5. The summed E-state index contributed by atoms with van der Waals surface area (Å²) < 4.78 is 0. The van der Waals surface area contributed by atoms with E-state index in [1.807, 2.05) is 32.2 Å². The Hall–Kier alpha value is -2.50. The van der Waals surface area contributed by atoms with Crippen molar-refractivity contribution in [1.29, 1.82) is 0 Å². The van der Waals surface area contributed by atoms with E-state index in [1.54, 1.807) is 23.5 Å². The van der Waals surface area contributed by atoms with Gasteiger partial charge in [-0.3, -0.25) is 9.78 Å². The van der Waals surface area contributed by atoms with E-state index >= 15 is 0 Å². The summed E-state index contributed by atoms with van der Waals surface area (Å²) >= 11 is 0. The Morgan fingerprint density at radius 3 is 2.90 bits per heavy atom. The molecule has 1 saturated heterocycles. The Morgan fingerprint density at radius 1 is 1.33 bits per heavy atom. The third kappa shape index (κ3) is 2.69. The van der Waals surface area contributed by atoms with Crippen molar-refractivity contribution in [2.24, 2.45) is 0 Å². The molecule has 1 fully saturated rings. The number of likely N-dealkylation sites (tertiary alicyclic amines) is 1. The Morgan fingerprint density at radius 2 is 2.19 bits per heavy atom. The number of likely N-dealkylation sites (N-methyl/N-ethyl adjacent to an activating group) is 1. The van der Waals surface area contributed by atoms with Crippen LogP contribution in [0.2, 0.25) is 0 Å². The molecule has 0 bridgehead atoms. The number of pyridine rings is 1. The van der Waals surface area contributed by atoms with Crippen LogP contribution in [-0.2, 0) is 4.79 Å². The molecule has 0 radical (unpaired) electrons. The second kappa shape index (κ2) is 5.47. The minimum atomic E-state index is -0.0616. The van der Waals surface area contributed by atoms with Crippen LogP contribution >= 0.6 is 0 Å². The third-order valence-corrected chi connectivity index (χ3v) is 3.72. The highest BCUT2D eigenvalue weighted by atomic mass is 16.2. The summed E-state index contributed by atoms with van der Waals surface area (Å²) in [6.07, 6.45) is 5.66. The molecule has 6 heteroatoms. The third-order valence-electron chi connectivity index (χ3n) is 3.72. The van der Waals surface area contributed by atoms with Gasteiger partial charge in [-0.1, -0.05) is 6.07 Å². The first-order valence-electron chi connectivity index (χ1n) is 6.87. The number of carbonyl (C=O) groups is 1. The molecule has 108 valence electrons. The van der Waals surface area contributed by atoms with Gasteiger partial charge in [0.25, 0.3) is 0 Å². The fourth-order valence-corrected chi connectivity index (χ4v) is 2.69. The lowest BCUT2D eigenvalue weighted by Gasteiger charge is -2.25. The van der Waals surface area contributed by atoms with Crippen molar-refractivity contribution in [3.8, 4) is 0 Å². The number of aromatic nitrogens is 3. The number of hydrogen-bond donors (Lipinski definition) is 1. The second-order valence-electron chi connectivity index (χ2n) is 5.21. The Bertz CT molecular complexity index is 646. The summed E-state index contributed by atoms with van der Waals surface area (Å²) in [7, 11) is 1.82. The molecule has 1 N–H and O–H groups in total. The highest BCUT2D eigenvalue weighted by Crippen LogP contribution is 2.32. The van der Waals surface area contributed by atoms with Crippen LogP contribution in [0.25, 0.3) is 0 Å². The average Bonchev–Trinajstić information content (AvgIpc) is 2.75. The Labute approximate surface area is 123 Å². The molecule has 0 aliphatic carbocycles. The smallest absolute Gasteiger partial charge is 0.225 e. The molecule has 0 saturated carbocycles. The molecule has 3 rings (SSSR count). The molecule has 0 aromatic carbocycles. The zero-order valence-corrected chi connectivity index (χ0v) is 12.0. The van der Waals surface area contributed by atoms with Gasteiger partial charge in [0.1, 0.15) is 0 Å². The summed E-state index contributed by atoms with van der Waals surface area (Å²) in [6.45, 7) is 1.91. The first-order chi connectivity index (χ1) is 10.1. The number of anilines is 1. The molecule has 1 amide bonds. The van der Waals surface area contributed by atoms with E-state index in [4.69, 9.17) is 0 Å². The van der Waals surface area contributed by atoms with Gasteiger partial charge in [-0.05, 0) is 24.6 Å². The lowest BCUT2D eigenvalue weighted by atomic mass is 10.0. The quantitative estimate of drug-likeness (QED) is 0.925. The van der Waals surface area contributed by atoms with Crippen LogP contribution in [-0.4, -0.2) is 38.8 Å². The van der Waals surface area contributed by atoms with Crippen molar-refractivity contribution in [1.82, 2.24) is 19.9 Å². The van der Waals surface area contributed by atoms with E-state index in [-0.39, 0.29) is 18.0 Å². The van der Waals surface area contributed by atoms with Crippen LogP contribution in [0.4, 0.5) is 5.95 Å². The van der Waals surface area contributed by atoms with Gasteiger partial charge >= 0.3 is 0 Å². The first-order valence-corrected chi connectivity index (χ1v) is 6.87. The van der Waals surface area contributed by atoms with Gasteiger partial charge in [0.2, 0.25) is 11.9 Å². The average molecular weight is 283 g/mol. The van der Waals surface area contributed by atoms with Crippen LogP contribution in [0.15, 0.2) is 36.8 Å². The first kappa shape index (κ1) is 13.5. The normalized spacial score (nSPS) is 21.6. The standard InChI is InChI=1S/C15H17N5O/c1-10-5-7-17-15(18-10)19-12-8-13(21)20(2)14(12)11-4-3-6-16-9-11/h3-7,9,12,14H,8H2,1-2H3,(H,17,18,19)/t12-,14+/m1/s1. The van der Waals surface area contributed by atoms with Crippen LogP contribution < -0.4 is 5.32 Å². The molecular formula is C15H17N5O. The van der Waals surface area contributed by atoms with Gasteiger partial charge in [0.15, 0.2) is 0 Å². The lowest BCUT2D eigenvalue weighted by Crippen LogP contribution is -2.30. The minimum absolute atomic E-state index is 0.0599. The topological polar surface area (TPSA) is 71.0 Å². The largest absolute Gasteiger partial charge is 0.349 e. The van der Waals surface area contributed by atoms with Gasteiger partial charge in [0.05, 0.1) is 12.1 Å². The second-order valence-corrected chi connectivity index (χ2v) is 5.21. The number of aryl methyl sites for hydroxylation is 1. The fraction of sp³-hybridized carbons (Fsp3) is 0.333. The molecule has 21 heavy (non-hydrogen) atoms. The van der Waals surface area contributed by atoms with Crippen molar-refractivity contribution < 1.29 is 4.79 Å². The van der Waals surface area contributed by atoms with Gasteiger partial charge in [0, 0.05) is 37.8 Å². The molecule has 0 spiro atoms. The Balaban J connectivity index is 1.87. The highest BCUT2D eigenvalue weighted by molar-refractivity contribution is 5.80. The van der Waals surface area contributed by atoms with Gasteiger partial charge in [-0.25, -0.2) is 9.97 Å². The van der Waals surface area contributed by atoms with Gasteiger partial charge in [-0.15, -0.1) is 0 Å². The summed E-state index contributed by atoms with van der Waals surface area (Å²) in [4.78, 5) is 26.5. The SMILES string of the molecule is Cc1ccnc(N[C@@H]2CC(=O)N(C)[C@H]2c2cccnc2)n1. The van der Waals surface area contributed by atoms with E-state index in [0.717, 1.165) is 11.3 Å². The molecule has 2 aromatic rings. The summed E-state index contributed by atoms with van der Waals surface area (Å²) in [5.41, 5.74) is 1.90. The molecule has 1 aliphatic rings. The molecule has 1 aliphatic heterocycles. The minimum Gasteiger partial charge on any atom is -0.349 e. The van der Waals surface area contributed by atoms with Crippen LogP contribution in [0, 0.1) is 6.92 Å². The summed E-state index contributed by atoms with van der Waals surface area (Å²) in [6, 6.07) is 5.59. The fourth-order valence-electron chi connectivity index (χ4n) is 2.69. The van der Waals surface area contributed by atoms with E-state index in [2.05, 4.69) is 20.3 Å². The zero-order valence-electron chi connectivity index (χ0n) is 12.0. The maximum Gasteiger partial charge on any atom is 0.225 e.